The maximum atomic E-state index is 12.9. The lowest BCUT2D eigenvalue weighted by atomic mass is 10.1. The number of thioether (sulfide) groups is 1. The van der Waals surface area contributed by atoms with Crippen molar-refractivity contribution in [3.05, 3.63) is 22.7 Å². The average Bonchev–Trinajstić information content (AvgIpc) is 3.26. The smallest absolute Gasteiger partial charge is 0.445 e. The second-order valence-electron chi connectivity index (χ2n) is 5.26. The zero-order valence-electron chi connectivity index (χ0n) is 14.4. The van der Waals surface area contributed by atoms with E-state index in [4.69, 9.17) is 14.2 Å². The molecule has 1 amide bonds. The Hall–Kier alpha value is -2.21. The van der Waals surface area contributed by atoms with E-state index in [1.165, 1.54) is 38.0 Å². The van der Waals surface area contributed by atoms with Crippen LogP contribution in [0.1, 0.15) is 15.9 Å². The molecule has 1 aliphatic rings. The van der Waals surface area contributed by atoms with E-state index in [9.17, 15) is 18.0 Å². The van der Waals surface area contributed by atoms with Gasteiger partial charge >= 0.3 is 6.18 Å². The standard InChI is InChI=1S/C15H14F3N3O4S2/c1-23-7-4-8(24-2)11(9(5-7)25-3)12-21(10(22)6-26-12)14-20-19-13(27-14)15(16,17)18/h4-5,12H,6H2,1-3H3. The average molecular weight is 421 g/mol. The fraction of sp³-hybridized carbons (Fsp3) is 0.400. The van der Waals surface area contributed by atoms with Gasteiger partial charge in [-0.05, 0) is 0 Å². The van der Waals surface area contributed by atoms with E-state index in [0.717, 1.165) is 0 Å². The van der Waals surface area contributed by atoms with Gasteiger partial charge in [0.15, 0.2) is 0 Å². The summed E-state index contributed by atoms with van der Waals surface area (Å²) in [4.78, 5) is 13.6. The molecule has 1 aromatic carbocycles. The predicted octanol–water partition coefficient (Wildman–Crippen LogP) is 3.36. The Labute approximate surface area is 160 Å². The van der Waals surface area contributed by atoms with E-state index in [-0.39, 0.29) is 16.8 Å². The predicted molar refractivity (Wildman–Crippen MR) is 93.7 cm³/mol. The molecular formula is C15H14F3N3O4S2. The van der Waals surface area contributed by atoms with Crippen LogP contribution in [0.2, 0.25) is 0 Å². The van der Waals surface area contributed by atoms with Crippen molar-refractivity contribution in [3.8, 4) is 17.2 Å². The number of nitrogens with zero attached hydrogens (tertiary/aromatic N) is 3. The van der Waals surface area contributed by atoms with Crippen molar-refractivity contribution in [3.63, 3.8) is 0 Å². The first-order valence-electron chi connectivity index (χ1n) is 7.44. The molecule has 1 saturated heterocycles. The molecule has 12 heteroatoms. The molecule has 1 fully saturated rings. The number of aromatic nitrogens is 2. The molecule has 7 nitrogen and oxygen atoms in total. The minimum absolute atomic E-state index is 0.0733. The van der Waals surface area contributed by atoms with Gasteiger partial charge in [-0.25, -0.2) is 0 Å². The Balaban J connectivity index is 2.08. The molecule has 3 rings (SSSR count). The molecule has 2 heterocycles. The van der Waals surface area contributed by atoms with Crippen molar-refractivity contribution in [1.29, 1.82) is 0 Å². The summed E-state index contributed by atoms with van der Waals surface area (Å²) in [5.41, 5.74) is 0.500. The maximum Gasteiger partial charge on any atom is 0.445 e. The Morgan fingerprint density at radius 1 is 1.11 bits per heavy atom. The van der Waals surface area contributed by atoms with Gasteiger partial charge in [-0.1, -0.05) is 11.3 Å². The molecule has 0 N–H and O–H groups in total. The van der Waals surface area contributed by atoms with Crippen molar-refractivity contribution < 1.29 is 32.2 Å². The van der Waals surface area contributed by atoms with Gasteiger partial charge in [-0.2, -0.15) is 13.2 Å². The molecule has 27 heavy (non-hydrogen) atoms. The first-order chi connectivity index (χ1) is 12.8. The maximum absolute atomic E-state index is 12.9. The number of hydrogen-bond acceptors (Lipinski definition) is 8. The summed E-state index contributed by atoms with van der Waals surface area (Å²) >= 11 is 1.54. The minimum Gasteiger partial charge on any atom is -0.496 e. The molecule has 1 aliphatic heterocycles. The Morgan fingerprint density at radius 3 is 2.22 bits per heavy atom. The third kappa shape index (κ3) is 3.63. The highest BCUT2D eigenvalue weighted by molar-refractivity contribution is 8.00. The molecule has 0 spiro atoms. The van der Waals surface area contributed by atoms with Crippen molar-refractivity contribution in [2.24, 2.45) is 0 Å². The minimum atomic E-state index is -4.63. The summed E-state index contributed by atoms with van der Waals surface area (Å²) in [6.45, 7) is 0. The molecule has 0 bridgehead atoms. The van der Waals surface area contributed by atoms with E-state index in [1.807, 2.05) is 0 Å². The van der Waals surface area contributed by atoms with Crippen LogP contribution in [0.15, 0.2) is 12.1 Å². The van der Waals surface area contributed by atoms with Crippen LogP contribution < -0.4 is 19.1 Å². The van der Waals surface area contributed by atoms with Crippen LogP contribution >= 0.6 is 23.1 Å². The third-order valence-corrected chi connectivity index (χ3v) is 5.87. The fourth-order valence-electron chi connectivity index (χ4n) is 2.55. The number of halogens is 3. The normalized spacial score (nSPS) is 17.3. The van der Waals surface area contributed by atoms with Gasteiger partial charge in [0, 0.05) is 12.1 Å². The lowest BCUT2D eigenvalue weighted by Crippen LogP contribution is -2.28. The summed E-state index contributed by atoms with van der Waals surface area (Å²) in [5, 5.41) is 4.80. The summed E-state index contributed by atoms with van der Waals surface area (Å²) < 4.78 is 54.6. The van der Waals surface area contributed by atoms with E-state index in [1.54, 1.807) is 12.1 Å². The van der Waals surface area contributed by atoms with Gasteiger partial charge in [0.1, 0.15) is 22.6 Å². The van der Waals surface area contributed by atoms with Crippen molar-refractivity contribution in [2.75, 3.05) is 32.0 Å². The number of benzene rings is 1. The number of carbonyl (C=O) groups is 1. The number of ether oxygens (including phenoxy) is 3. The summed E-state index contributed by atoms with van der Waals surface area (Å²) in [6.07, 6.45) is -4.63. The summed E-state index contributed by atoms with van der Waals surface area (Å²) in [5.74, 6) is 0.926. The SMILES string of the molecule is COc1cc(OC)c(C2SCC(=O)N2c2nnc(C(F)(F)F)s2)c(OC)c1. The zero-order valence-corrected chi connectivity index (χ0v) is 16.0. The van der Waals surface area contributed by atoms with Crippen LogP contribution in [-0.4, -0.2) is 43.2 Å². The zero-order chi connectivity index (χ0) is 19.8. The largest absolute Gasteiger partial charge is 0.496 e. The molecule has 1 unspecified atom stereocenters. The quantitative estimate of drug-likeness (QED) is 0.733. The molecule has 1 atom stereocenters. The molecule has 0 radical (unpaired) electrons. The van der Waals surface area contributed by atoms with Gasteiger partial charge in [-0.15, -0.1) is 22.0 Å². The number of alkyl halides is 3. The van der Waals surface area contributed by atoms with Crippen LogP contribution in [0.3, 0.4) is 0 Å². The van der Waals surface area contributed by atoms with Crippen LogP contribution in [0.4, 0.5) is 18.3 Å². The summed E-state index contributed by atoms with van der Waals surface area (Å²) in [7, 11) is 4.36. The Kier molecular flexibility index (Phi) is 5.38. The topological polar surface area (TPSA) is 73.8 Å². The van der Waals surface area contributed by atoms with Crippen molar-refractivity contribution in [1.82, 2.24) is 10.2 Å². The highest BCUT2D eigenvalue weighted by Gasteiger charge is 2.42. The van der Waals surface area contributed by atoms with Crippen molar-refractivity contribution in [2.45, 2.75) is 11.6 Å². The first kappa shape index (κ1) is 19.5. The highest BCUT2D eigenvalue weighted by Crippen LogP contribution is 2.50. The van der Waals surface area contributed by atoms with Gasteiger partial charge in [0.05, 0.1) is 32.6 Å². The second-order valence-corrected chi connectivity index (χ2v) is 7.28. The fourth-order valence-corrected chi connectivity index (χ4v) is 4.58. The number of rotatable bonds is 5. The van der Waals surface area contributed by atoms with E-state index < -0.39 is 16.6 Å². The van der Waals surface area contributed by atoms with Crippen LogP contribution in [0.5, 0.6) is 17.2 Å². The van der Waals surface area contributed by atoms with Gasteiger partial charge in [0.25, 0.3) is 0 Å². The highest BCUT2D eigenvalue weighted by atomic mass is 32.2. The molecule has 1 aromatic heterocycles. The molecule has 0 aliphatic carbocycles. The lowest BCUT2D eigenvalue weighted by Gasteiger charge is -2.25. The first-order valence-corrected chi connectivity index (χ1v) is 9.31. The number of amides is 1. The van der Waals surface area contributed by atoms with Crippen LogP contribution in [-0.2, 0) is 11.0 Å². The molecule has 0 saturated carbocycles. The number of carbonyl (C=O) groups excluding carboxylic acids is 1. The second kappa shape index (κ2) is 7.43. The van der Waals surface area contributed by atoms with Crippen LogP contribution in [0.25, 0.3) is 0 Å². The molecule has 146 valence electrons. The molecule has 2 aromatic rings. The third-order valence-electron chi connectivity index (χ3n) is 3.73. The van der Waals surface area contributed by atoms with Crippen LogP contribution in [0, 0.1) is 0 Å². The molecular weight excluding hydrogens is 407 g/mol. The van der Waals surface area contributed by atoms with Gasteiger partial charge in [0.2, 0.25) is 16.0 Å². The van der Waals surface area contributed by atoms with Crippen molar-refractivity contribution >= 4 is 34.1 Å². The van der Waals surface area contributed by atoms with Gasteiger partial charge in [-0.3, -0.25) is 9.69 Å². The number of anilines is 1. The number of hydrogen-bond donors (Lipinski definition) is 0. The number of methoxy groups -OCH3 is 3. The van der Waals surface area contributed by atoms with Gasteiger partial charge < -0.3 is 14.2 Å². The summed E-state index contributed by atoms with van der Waals surface area (Å²) in [6, 6.07) is 3.22. The monoisotopic (exact) mass is 421 g/mol. The Bertz CT molecular complexity index is 834. The van der Waals surface area contributed by atoms with E-state index in [0.29, 0.717) is 34.1 Å². The van der Waals surface area contributed by atoms with E-state index in [2.05, 4.69) is 10.2 Å². The Morgan fingerprint density at radius 2 is 1.74 bits per heavy atom. The van der Waals surface area contributed by atoms with E-state index >= 15 is 0 Å². The lowest BCUT2D eigenvalue weighted by molar-refractivity contribution is -0.138.